The first kappa shape index (κ1) is 12.0. The summed E-state index contributed by atoms with van der Waals surface area (Å²) >= 11 is 0. The molecule has 1 N–H and O–H groups in total. The van der Waals surface area contributed by atoms with E-state index in [9.17, 15) is 5.21 Å². The molecule has 0 amide bonds. The summed E-state index contributed by atoms with van der Waals surface area (Å²) in [5, 5.41) is 12.8. The van der Waals surface area contributed by atoms with Gasteiger partial charge in [0.2, 0.25) is 5.71 Å². The van der Waals surface area contributed by atoms with Crippen LogP contribution in [0.4, 0.5) is 0 Å². The first-order valence-electron chi connectivity index (χ1n) is 7.47. The van der Waals surface area contributed by atoms with Crippen molar-refractivity contribution in [3.8, 4) is 0 Å². The largest absolute Gasteiger partial charge is 0.291 e. The molecule has 0 bridgehead atoms. The summed E-state index contributed by atoms with van der Waals surface area (Å²) in [6, 6.07) is 8.53. The number of hydrogen-bond donors (Lipinski definition) is 1. The molecule has 20 heavy (non-hydrogen) atoms. The second kappa shape index (κ2) is 4.08. The van der Waals surface area contributed by atoms with Crippen LogP contribution in [0.5, 0.6) is 0 Å². The van der Waals surface area contributed by atoms with Gasteiger partial charge >= 0.3 is 0 Å². The molecule has 0 aliphatic heterocycles. The standard InChI is InChI=1S/C18H20NO/c1-19(20)17-16-9-5-4-8-15(16)12-18(17)10-13-6-2-3-7-14(13)11-18/h2-3,5-7,9-11,15-16,20H,4,8,12H2,1H3/q+1. The molecule has 1 fully saturated rings. The Labute approximate surface area is 119 Å². The minimum Gasteiger partial charge on any atom is -0.291 e. The Bertz CT molecular complexity index is 702. The normalized spacial score (nSPS) is 31.4. The molecule has 3 aliphatic rings. The molecule has 2 nitrogen and oxygen atoms in total. The van der Waals surface area contributed by atoms with Crippen LogP contribution in [0.3, 0.4) is 0 Å². The highest BCUT2D eigenvalue weighted by molar-refractivity contribution is 6.03. The molecule has 0 heterocycles. The molecular weight excluding hydrogens is 246 g/mol. The van der Waals surface area contributed by atoms with Crippen molar-refractivity contribution in [1.82, 2.24) is 0 Å². The van der Waals surface area contributed by atoms with Crippen LogP contribution in [0.1, 0.15) is 19.3 Å². The van der Waals surface area contributed by atoms with E-state index >= 15 is 0 Å². The third kappa shape index (κ3) is 1.54. The number of hydroxylamine groups is 1. The van der Waals surface area contributed by atoms with Gasteiger partial charge in [0.25, 0.3) is 0 Å². The average molecular weight is 266 g/mol. The number of hydrogen-bond acceptors (Lipinski definition) is 1. The van der Waals surface area contributed by atoms with Crippen LogP contribution in [-0.4, -0.2) is 22.7 Å². The summed E-state index contributed by atoms with van der Waals surface area (Å²) in [5.41, 5.74) is 1.06. The van der Waals surface area contributed by atoms with Gasteiger partial charge < -0.3 is 0 Å². The Morgan fingerprint density at radius 1 is 1.20 bits per heavy atom. The highest BCUT2D eigenvalue weighted by atomic mass is 16.5. The van der Waals surface area contributed by atoms with Crippen molar-refractivity contribution < 1.29 is 9.95 Å². The molecule has 1 spiro atoms. The van der Waals surface area contributed by atoms with Gasteiger partial charge in [-0.05, 0) is 40.4 Å². The molecule has 1 saturated carbocycles. The maximum atomic E-state index is 10.2. The minimum absolute atomic E-state index is 0.0861. The molecular formula is C18H20NO+. The maximum absolute atomic E-state index is 10.2. The smallest absolute Gasteiger partial charge is 0.224 e. The summed E-state index contributed by atoms with van der Waals surface area (Å²) in [4.78, 5) is 0. The lowest BCUT2D eigenvalue weighted by atomic mass is 9.84. The van der Waals surface area contributed by atoms with Crippen molar-refractivity contribution >= 4 is 17.9 Å². The van der Waals surface area contributed by atoms with Crippen LogP contribution in [0.15, 0.2) is 36.4 Å². The Morgan fingerprint density at radius 2 is 1.90 bits per heavy atom. The van der Waals surface area contributed by atoms with Crippen molar-refractivity contribution in [2.24, 2.45) is 17.3 Å². The van der Waals surface area contributed by atoms with E-state index in [1.165, 1.54) is 28.0 Å². The van der Waals surface area contributed by atoms with Crippen molar-refractivity contribution in [3.63, 3.8) is 0 Å². The SMILES string of the molecule is C[N+](O)=C1C2C=CCCC2CC12C=c1ccccc1=C2. The molecule has 0 saturated heterocycles. The van der Waals surface area contributed by atoms with Crippen LogP contribution < -0.4 is 10.4 Å². The fourth-order valence-corrected chi connectivity index (χ4v) is 4.44. The number of benzene rings is 1. The van der Waals surface area contributed by atoms with Gasteiger partial charge in [-0.15, -0.1) is 0 Å². The molecule has 102 valence electrons. The summed E-state index contributed by atoms with van der Waals surface area (Å²) in [7, 11) is 1.77. The second-order valence-electron chi connectivity index (χ2n) is 6.36. The average Bonchev–Trinajstić information content (AvgIpc) is 2.94. The topological polar surface area (TPSA) is 23.2 Å². The van der Waals surface area contributed by atoms with Crippen molar-refractivity contribution in [1.29, 1.82) is 0 Å². The van der Waals surface area contributed by atoms with Gasteiger partial charge in [0, 0.05) is 0 Å². The molecule has 0 aromatic heterocycles. The van der Waals surface area contributed by atoms with E-state index in [-0.39, 0.29) is 5.41 Å². The number of rotatable bonds is 0. The third-order valence-corrected chi connectivity index (χ3v) is 5.12. The lowest BCUT2D eigenvalue weighted by Gasteiger charge is -2.17. The van der Waals surface area contributed by atoms with Crippen LogP contribution in [0.25, 0.3) is 12.2 Å². The molecule has 2 heteroatoms. The predicted molar refractivity (Wildman–Crippen MR) is 80.0 cm³/mol. The van der Waals surface area contributed by atoms with E-state index < -0.39 is 0 Å². The van der Waals surface area contributed by atoms with Crippen LogP contribution in [0.2, 0.25) is 0 Å². The van der Waals surface area contributed by atoms with Gasteiger partial charge in [0.1, 0.15) is 0 Å². The molecule has 2 unspecified atom stereocenters. The van der Waals surface area contributed by atoms with E-state index in [4.69, 9.17) is 0 Å². The second-order valence-corrected chi connectivity index (χ2v) is 6.36. The van der Waals surface area contributed by atoms with Gasteiger partial charge in [-0.2, -0.15) is 0 Å². The molecule has 2 atom stereocenters. The van der Waals surface area contributed by atoms with Crippen LogP contribution in [0, 0.1) is 17.3 Å². The highest BCUT2D eigenvalue weighted by Crippen LogP contribution is 2.50. The van der Waals surface area contributed by atoms with Gasteiger partial charge in [-0.25, -0.2) is 0 Å². The first-order valence-corrected chi connectivity index (χ1v) is 7.47. The summed E-state index contributed by atoms with van der Waals surface area (Å²) in [6.45, 7) is 0. The lowest BCUT2D eigenvalue weighted by molar-refractivity contribution is -0.757. The minimum atomic E-state index is -0.0861. The van der Waals surface area contributed by atoms with Gasteiger partial charge in [0.15, 0.2) is 7.05 Å². The first-order chi connectivity index (χ1) is 9.70. The van der Waals surface area contributed by atoms with Gasteiger partial charge in [-0.3, -0.25) is 5.21 Å². The van der Waals surface area contributed by atoms with E-state index in [2.05, 4.69) is 48.6 Å². The molecule has 0 radical (unpaired) electrons. The number of fused-ring (bicyclic) bond motifs is 2. The third-order valence-electron chi connectivity index (χ3n) is 5.12. The summed E-state index contributed by atoms with van der Waals surface area (Å²) in [6.07, 6.45) is 12.8. The lowest BCUT2D eigenvalue weighted by Crippen LogP contribution is -2.31. The molecule has 1 aromatic rings. The van der Waals surface area contributed by atoms with Crippen molar-refractivity contribution in [2.45, 2.75) is 19.3 Å². The van der Waals surface area contributed by atoms with Crippen LogP contribution >= 0.6 is 0 Å². The Morgan fingerprint density at radius 3 is 2.55 bits per heavy atom. The Hall–Kier alpha value is -1.83. The van der Waals surface area contributed by atoms with Gasteiger partial charge in [0.05, 0.1) is 11.3 Å². The number of allylic oxidation sites excluding steroid dienone is 2. The maximum Gasteiger partial charge on any atom is 0.224 e. The van der Waals surface area contributed by atoms with E-state index in [1.54, 1.807) is 7.05 Å². The number of nitrogens with zero attached hydrogens (tertiary/aromatic N) is 1. The monoisotopic (exact) mass is 266 g/mol. The fourth-order valence-electron chi connectivity index (χ4n) is 4.44. The fraction of sp³-hybridized carbons (Fsp3) is 0.389. The van der Waals surface area contributed by atoms with Crippen LogP contribution in [-0.2, 0) is 0 Å². The highest BCUT2D eigenvalue weighted by Gasteiger charge is 2.54. The Kier molecular flexibility index (Phi) is 2.44. The van der Waals surface area contributed by atoms with E-state index in [0.717, 1.165) is 12.1 Å². The molecule has 4 rings (SSSR count). The zero-order valence-electron chi connectivity index (χ0n) is 11.8. The van der Waals surface area contributed by atoms with Crippen molar-refractivity contribution in [3.05, 3.63) is 46.9 Å². The molecule has 3 aliphatic carbocycles. The van der Waals surface area contributed by atoms with E-state index in [1.807, 2.05) is 0 Å². The zero-order valence-corrected chi connectivity index (χ0v) is 11.8. The quantitative estimate of drug-likeness (QED) is 0.328. The predicted octanol–water partition coefficient (Wildman–Crippen LogP) is 1.71. The van der Waals surface area contributed by atoms with E-state index in [0.29, 0.717) is 11.8 Å². The zero-order chi connectivity index (χ0) is 13.7. The molecule has 1 aromatic carbocycles. The summed E-state index contributed by atoms with van der Waals surface area (Å²) < 4.78 is 1.37. The summed E-state index contributed by atoms with van der Waals surface area (Å²) in [5.74, 6) is 1.05. The Balaban J connectivity index is 1.94. The van der Waals surface area contributed by atoms with Gasteiger partial charge in [-0.1, -0.05) is 48.6 Å². The van der Waals surface area contributed by atoms with Crippen molar-refractivity contribution in [2.75, 3.05) is 7.05 Å².